The van der Waals surface area contributed by atoms with Crippen molar-refractivity contribution >= 4 is 11.8 Å². The molecule has 1 aromatic carbocycles. The zero-order valence-corrected chi connectivity index (χ0v) is 13.3. The van der Waals surface area contributed by atoms with Crippen LogP contribution in [0.5, 0.6) is 0 Å². The summed E-state index contributed by atoms with van der Waals surface area (Å²) in [6.45, 7) is 1.94. The van der Waals surface area contributed by atoms with E-state index < -0.39 is 5.91 Å². The molecule has 0 unspecified atom stereocenters. The van der Waals surface area contributed by atoms with E-state index in [4.69, 9.17) is 5.73 Å². The fraction of sp³-hybridized carbons (Fsp3) is 0.312. The van der Waals surface area contributed by atoms with Gasteiger partial charge in [-0.15, -0.1) is 0 Å². The molecule has 116 valence electrons. The van der Waals surface area contributed by atoms with Gasteiger partial charge in [-0.2, -0.15) is 5.10 Å². The third-order valence-corrected chi connectivity index (χ3v) is 3.54. The highest BCUT2D eigenvalue weighted by Gasteiger charge is 2.21. The van der Waals surface area contributed by atoms with Crippen LogP contribution in [0, 0.1) is 0 Å². The molecule has 0 bridgehead atoms. The highest BCUT2D eigenvalue weighted by molar-refractivity contribution is 6.01. The number of primary amides is 1. The summed E-state index contributed by atoms with van der Waals surface area (Å²) in [7, 11) is 5.17. The van der Waals surface area contributed by atoms with Gasteiger partial charge >= 0.3 is 0 Å². The van der Waals surface area contributed by atoms with Crippen molar-refractivity contribution < 1.29 is 9.59 Å². The summed E-state index contributed by atoms with van der Waals surface area (Å²) in [6, 6.07) is 7.06. The molecule has 0 spiro atoms. The van der Waals surface area contributed by atoms with Gasteiger partial charge in [0, 0.05) is 32.3 Å². The van der Waals surface area contributed by atoms with Gasteiger partial charge in [-0.05, 0) is 18.6 Å². The number of carbonyl (C=O) groups is 2. The Morgan fingerprint density at radius 2 is 2.00 bits per heavy atom. The van der Waals surface area contributed by atoms with Crippen molar-refractivity contribution in [2.75, 3.05) is 14.1 Å². The average molecular weight is 300 g/mol. The van der Waals surface area contributed by atoms with Gasteiger partial charge in [-0.1, -0.05) is 19.1 Å². The standard InChI is InChI=1S/C16H20N4O2/c1-5-12-13(15(17)21)14(18-20(12)4)10-7-6-8-11(9-10)16(22)19(2)3/h6-9H,5H2,1-4H3,(H2,17,21). The number of nitrogens with two attached hydrogens (primary N) is 1. The molecule has 6 heteroatoms. The summed E-state index contributed by atoms with van der Waals surface area (Å²) in [4.78, 5) is 25.4. The monoisotopic (exact) mass is 300 g/mol. The summed E-state index contributed by atoms with van der Waals surface area (Å²) in [5, 5.41) is 4.41. The maximum atomic E-state index is 12.1. The molecule has 6 nitrogen and oxygen atoms in total. The molecule has 0 radical (unpaired) electrons. The lowest BCUT2D eigenvalue weighted by atomic mass is 10.0. The van der Waals surface area contributed by atoms with Crippen LogP contribution in [-0.2, 0) is 13.5 Å². The van der Waals surface area contributed by atoms with Crippen molar-refractivity contribution in [1.29, 1.82) is 0 Å². The van der Waals surface area contributed by atoms with E-state index in [-0.39, 0.29) is 5.91 Å². The van der Waals surface area contributed by atoms with E-state index in [0.29, 0.717) is 28.8 Å². The van der Waals surface area contributed by atoms with E-state index in [9.17, 15) is 9.59 Å². The van der Waals surface area contributed by atoms with Crippen LogP contribution in [0.4, 0.5) is 0 Å². The lowest BCUT2D eigenvalue weighted by Crippen LogP contribution is -2.21. The van der Waals surface area contributed by atoms with Gasteiger partial charge in [0.05, 0.1) is 11.3 Å². The summed E-state index contributed by atoms with van der Waals surface area (Å²) in [5.41, 5.74) is 8.48. The molecule has 2 amide bonds. The van der Waals surface area contributed by atoms with Gasteiger partial charge in [0.2, 0.25) is 0 Å². The molecule has 0 fully saturated rings. The number of benzene rings is 1. The van der Waals surface area contributed by atoms with E-state index in [2.05, 4.69) is 5.10 Å². The fourth-order valence-electron chi connectivity index (χ4n) is 2.48. The number of hydrogen-bond acceptors (Lipinski definition) is 3. The van der Waals surface area contributed by atoms with Crippen LogP contribution in [0.1, 0.15) is 33.3 Å². The molecule has 2 rings (SSSR count). The minimum atomic E-state index is -0.510. The topological polar surface area (TPSA) is 81.2 Å². The van der Waals surface area contributed by atoms with E-state index in [1.807, 2.05) is 13.0 Å². The zero-order valence-electron chi connectivity index (χ0n) is 13.3. The second kappa shape index (κ2) is 6.01. The van der Waals surface area contributed by atoms with Gasteiger partial charge in [-0.3, -0.25) is 14.3 Å². The number of hydrogen-bond donors (Lipinski definition) is 1. The van der Waals surface area contributed by atoms with Crippen LogP contribution in [0.15, 0.2) is 24.3 Å². The van der Waals surface area contributed by atoms with Gasteiger partial charge in [0.1, 0.15) is 5.69 Å². The first-order valence-corrected chi connectivity index (χ1v) is 7.04. The summed E-state index contributed by atoms with van der Waals surface area (Å²) >= 11 is 0. The van der Waals surface area contributed by atoms with Crippen molar-refractivity contribution in [2.24, 2.45) is 12.8 Å². The number of nitrogens with zero attached hydrogens (tertiary/aromatic N) is 3. The maximum Gasteiger partial charge on any atom is 0.253 e. The molecule has 2 aromatic rings. The number of amides is 2. The molecule has 0 saturated heterocycles. The molecule has 1 heterocycles. The van der Waals surface area contributed by atoms with E-state index in [1.165, 1.54) is 4.90 Å². The van der Waals surface area contributed by atoms with Crippen molar-refractivity contribution in [2.45, 2.75) is 13.3 Å². The molecule has 0 aliphatic carbocycles. The van der Waals surface area contributed by atoms with E-state index >= 15 is 0 Å². The van der Waals surface area contributed by atoms with Crippen LogP contribution in [0.3, 0.4) is 0 Å². The second-order valence-corrected chi connectivity index (χ2v) is 5.29. The Labute approximate surface area is 129 Å². The molecule has 0 aliphatic heterocycles. The molecule has 0 atom stereocenters. The SMILES string of the molecule is CCc1c(C(N)=O)c(-c2cccc(C(=O)N(C)C)c2)nn1C. The molecule has 1 aromatic heterocycles. The summed E-state index contributed by atoms with van der Waals surface area (Å²) < 4.78 is 1.66. The molecule has 22 heavy (non-hydrogen) atoms. The molecular formula is C16H20N4O2. The van der Waals surface area contributed by atoms with E-state index in [0.717, 1.165) is 5.69 Å². The molecule has 0 saturated carbocycles. The molecule has 0 aliphatic rings. The summed E-state index contributed by atoms with van der Waals surface area (Å²) in [5.74, 6) is -0.613. The van der Waals surface area contributed by atoms with Gasteiger partial charge in [-0.25, -0.2) is 0 Å². The lowest BCUT2D eigenvalue weighted by Gasteiger charge is -2.11. The first-order chi connectivity index (χ1) is 10.4. The van der Waals surface area contributed by atoms with Crippen molar-refractivity contribution in [3.63, 3.8) is 0 Å². The summed E-state index contributed by atoms with van der Waals surface area (Å²) in [6.07, 6.45) is 0.651. The highest BCUT2D eigenvalue weighted by Crippen LogP contribution is 2.26. The highest BCUT2D eigenvalue weighted by atomic mass is 16.2. The Morgan fingerprint density at radius 1 is 1.32 bits per heavy atom. The van der Waals surface area contributed by atoms with Gasteiger partial charge in [0.15, 0.2) is 0 Å². The van der Waals surface area contributed by atoms with Crippen LogP contribution >= 0.6 is 0 Å². The third kappa shape index (κ3) is 2.72. The largest absolute Gasteiger partial charge is 0.365 e. The van der Waals surface area contributed by atoms with Gasteiger partial charge < -0.3 is 10.6 Å². The minimum Gasteiger partial charge on any atom is -0.365 e. The third-order valence-electron chi connectivity index (χ3n) is 3.54. The van der Waals surface area contributed by atoms with Crippen molar-refractivity contribution in [1.82, 2.24) is 14.7 Å². The number of aromatic nitrogens is 2. The Bertz CT molecular complexity index is 732. The predicted octanol–water partition coefficient (Wildman–Crippen LogP) is 1.45. The first kappa shape index (κ1) is 15.8. The normalized spacial score (nSPS) is 10.5. The Balaban J connectivity index is 2.60. The lowest BCUT2D eigenvalue weighted by molar-refractivity contribution is 0.0827. The van der Waals surface area contributed by atoms with Crippen LogP contribution in [0.25, 0.3) is 11.3 Å². The van der Waals surface area contributed by atoms with Crippen molar-refractivity contribution in [3.05, 3.63) is 41.1 Å². The number of carbonyl (C=O) groups excluding carboxylic acids is 2. The Morgan fingerprint density at radius 3 is 2.55 bits per heavy atom. The number of rotatable bonds is 4. The van der Waals surface area contributed by atoms with E-state index in [1.54, 1.807) is 44.0 Å². The fourth-order valence-corrected chi connectivity index (χ4v) is 2.48. The van der Waals surface area contributed by atoms with Crippen molar-refractivity contribution in [3.8, 4) is 11.3 Å². The zero-order chi connectivity index (χ0) is 16.4. The quantitative estimate of drug-likeness (QED) is 0.928. The van der Waals surface area contributed by atoms with Crippen LogP contribution < -0.4 is 5.73 Å². The molecule has 2 N–H and O–H groups in total. The smallest absolute Gasteiger partial charge is 0.253 e. The average Bonchev–Trinajstić information content (AvgIpc) is 2.83. The minimum absolute atomic E-state index is 0.103. The maximum absolute atomic E-state index is 12.1. The molecular weight excluding hydrogens is 280 g/mol. The Hall–Kier alpha value is -2.63. The number of aryl methyl sites for hydroxylation is 1. The predicted molar refractivity (Wildman–Crippen MR) is 84.6 cm³/mol. The van der Waals surface area contributed by atoms with Crippen LogP contribution in [-0.4, -0.2) is 40.6 Å². The first-order valence-electron chi connectivity index (χ1n) is 7.04. The second-order valence-electron chi connectivity index (χ2n) is 5.29. The Kier molecular flexibility index (Phi) is 4.30. The van der Waals surface area contributed by atoms with Gasteiger partial charge in [0.25, 0.3) is 11.8 Å². The van der Waals surface area contributed by atoms with Crippen LogP contribution in [0.2, 0.25) is 0 Å².